The van der Waals surface area contributed by atoms with Crippen molar-refractivity contribution in [3.8, 4) is 5.75 Å². The molecular formula is C13H23N3O2. The number of nitrogens with zero attached hydrogens (tertiary/aromatic N) is 2. The van der Waals surface area contributed by atoms with Crippen LogP contribution in [0.2, 0.25) is 0 Å². The highest BCUT2D eigenvalue weighted by Gasteiger charge is 2.10. The Morgan fingerprint density at radius 3 is 2.72 bits per heavy atom. The summed E-state index contributed by atoms with van der Waals surface area (Å²) in [5.41, 5.74) is 2.02. The minimum absolute atomic E-state index is 0.102. The molecule has 0 saturated carbocycles. The Balaban J connectivity index is 2.53. The molecule has 102 valence electrons. The Kier molecular flexibility index (Phi) is 6.04. The van der Waals surface area contributed by atoms with Gasteiger partial charge in [0.1, 0.15) is 5.75 Å². The smallest absolute Gasteiger partial charge is 0.141 e. The Hall–Kier alpha value is -1.17. The fraction of sp³-hybridized carbons (Fsp3) is 0.615. The second-order valence-electron chi connectivity index (χ2n) is 4.69. The van der Waals surface area contributed by atoms with Gasteiger partial charge in [-0.25, -0.2) is 0 Å². The van der Waals surface area contributed by atoms with E-state index in [1.165, 1.54) is 0 Å². The van der Waals surface area contributed by atoms with E-state index in [1.807, 2.05) is 14.1 Å². The molecule has 0 bridgehead atoms. The molecule has 5 heteroatoms. The maximum atomic E-state index is 9.93. The van der Waals surface area contributed by atoms with E-state index in [2.05, 4.69) is 15.2 Å². The molecule has 1 heterocycles. The zero-order valence-corrected chi connectivity index (χ0v) is 11.4. The predicted octanol–water partition coefficient (Wildman–Crippen LogP) is 0.629. The summed E-state index contributed by atoms with van der Waals surface area (Å²) >= 11 is 0. The van der Waals surface area contributed by atoms with Crippen LogP contribution >= 0.6 is 0 Å². The lowest BCUT2D eigenvalue weighted by molar-refractivity contribution is 0.278. The molecule has 0 spiro atoms. The van der Waals surface area contributed by atoms with Crippen molar-refractivity contribution < 1.29 is 10.2 Å². The van der Waals surface area contributed by atoms with E-state index < -0.39 is 0 Å². The van der Waals surface area contributed by atoms with E-state index in [-0.39, 0.29) is 12.4 Å². The quantitative estimate of drug-likeness (QED) is 0.622. The second kappa shape index (κ2) is 7.31. The van der Waals surface area contributed by atoms with E-state index >= 15 is 0 Å². The van der Waals surface area contributed by atoms with Gasteiger partial charge in [0.2, 0.25) is 0 Å². The van der Waals surface area contributed by atoms with Crippen molar-refractivity contribution >= 4 is 0 Å². The zero-order chi connectivity index (χ0) is 13.5. The Labute approximate surface area is 108 Å². The number of aromatic hydroxyl groups is 1. The third-order valence-corrected chi connectivity index (χ3v) is 2.86. The van der Waals surface area contributed by atoms with Gasteiger partial charge in [0.05, 0.1) is 12.3 Å². The van der Waals surface area contributed by atoms with Gasteiger partial charge >= 0.3 is 0 Å². The number of pyridine rings is 1. The number of aliphatic hydroxyl groups is 1. The number of rotatable bonds is 7. The number of nitrogens with one attached hydrogen (secondary N) is 1. The molecule has 0 aliphatic rings. The van der Waals surface area contributed by atoms with Crippen LogP contribution in [0.3, 0.4) is 0 Å². The van der Waals surface area contributed by atoms with Gasteiger partial charge in [-0.3, -0.25) is 4.98 Å². The minimum Gasteiger partial charge on any atom is -0.506 e. The topological polar surface area (TPSA) is 68.6 Å². The number of aromatic nitrogens is 1. The third kappa shape index (κ3) is 4.25. The molecule has 0 aliphatic carbocycles. The summed E-state index contributed by atoms with van der Waals surface area (Å²) in [7, 11) is 4.09. The van der Waals surface area contributed by atoms with Crippen molar-refractivity contribution in [2.75, 3.05) is 27.2 Å². The van der Waals surface area contributed by atoms with Crippen LogP contribution in [0.25, 0.3) is 0 Å². The van der Waals surface area contributed by atoms with E-state index in [9.17, 15) is 10.2 Å². The molecule has 1 aromatic rings. The van der Waals surface area contributed by atoms with E-state index in [1.54, 1.807) is 13.1 Å². The monoisotopic (exact) mass is 253 g/mol. The number of aliphatic hydroxyl groups excluding tert-OH is 1. The van der Waals surface area contributed by atoms with Gasteiger partial charge in [-0.2, -0.15) is 0 Å². The van der Waals surface area contributed by atoms with Gasteiger partial charge in [0.25, 0.3) is 0 Å². The molecule has 0 radical (unpaired) electrons. The van der Waals surface area contributed by atoms with Crippen LogP contribution in [0.5, 0.6) is 5.75 Å². The molecule has 0 unspecified atom stereocenters. The normalized spacial score (nSPS) is 11.2. The second-order valence-corrected chi connectivity index (χ2v) is 4.69. The maximum absolute atomic E-state index is 9.93. The molecule has 0 saturated heterocycles. The predicted molar refractivity (Wildman–Crippen MR) is 71.4 cm³/mol. The van der Waals surface area contributed by atoms with Gasteiger partial charge in [0, 0.05) is 23.9 Å². The summed E-state index contributed by atoms with van der Waals surface area (Å²) in [5.74, 6) is 0.182. The summed E-state index contributed by atoms with van der Waals surface area (Å²) < 4.78 is 0. The van der Waals surface area contributed by atoms with Gasteiger partial charge < -0.3 is 20.4 Å². The Morgan fingerprint density at radius 1 is 1.39 bits per heavy atom. The van der Waals surface area contributed by atoms with Crippen molar-refractivity contribution in [3.63, 3.8) is 0 Å². The van der Waals surface area contributed by atoms with E-state index in [0.717, 1.165) is 25.1 Å². The van der Waals surface area contributed by atoms with Gasteiger partial charge in [-0.05, 0) is 40.5 Å². The van der Waals surface area contributed by atoms with Crippen LogP contribution in [-0.2, 0) is 13.2 Å². The summed E-state index contributed by atoms with van der Waals surface area (Å²) in [6.07, 6.45) is 2.66. The standard InChI is InChI=1S/C13H23N3O2/c1-10-13(18)12(11(9-17)7-15-10)8-14-5-4-6-16(2)3/h7,14,17-18H,4-6,8-9H2,1-3H3. The first-order valence-corrected chi connectivity index (χ1v) is 6.19. The van der Waals surface area contributed by atoms with Crippen LogP contribution in [0, 0.1) is 6.92 Å². The third-order valence-electron chi connectivity index (χ3n) is 2.86. The summed E-state index contributed by atoms with van der Waals surface area (Å²) in [6.45, 7) is 4.12. The Bertz CT molecular complexity index is 381. The summed E-state index contributed by atoms with van der Waals surface area (Å²) in [5, 5.41) is 22.4. The van der Waals surface area contributed by atoms with Crippen molar-refractivity contribution in [2.45, 2.75) is 26.5 Å². The average molecular weight is 253 g/mol. The lowest BCUT2D eigenvalue weighted by Crippen LogP contribution is -2.21. The van der Waals surface area contributed by atoms with Crippen molar-refractivity contribution in [1.29, 1.82) is 0 Å². The molecule has 0 amide bonds. The Morgan fingerprint density at radius 2 is 2.11 bits per heavy atom. The maximum Gasteiger partial charge on any atom is 0.141 e. The minimum atomic E-state index is -0.102. The van der Waals surface area contributed by atoms with E-state index in [0.29, 0.717) is 17.8 Å². The highest BCUT2D eigenvalue weighted by Crippen LogP contribution is 2.23. The van der Waals surface area contributed by atoms with Crippen molar-refractivity contribution in [1.82, 2.24) is 15.2 Å². The largest absolute Gasteiger partial charge is 0.506 e. The van der Waals surface area contributed by atoms with Crippen LogP contribution in [0.1, 0.15) is 23.2 Å². The molecule has 0 aliphatic heterocycles. The number of aryl methyl sites for hydroxylation is 1. The molecule has 0 atom stereocenters. The first-order chi connectivity index (χ1) is 8.56. The molecule has 18 heavy (non-hydrogen) atoms. The molecule has 0 fully saturated rings. The molecule has 0 aromatic carbocycles. The number of hydrogen-bond donors (Lipinski definition) is 3. The highest BCUT2D eigenvalue weighted by molar-refractivity contribution is 5.40. The van der Waals surface area contributed by atoms with Crippen LogP contribution < -0.4 is 5.32 Å². The molecule has 5 nitrogen and oxygen atoms in total. The fourth-order valence-electron chi connectivity index (χ4n) is 1.75. The van der Waals surface area contributed by atoms with E-state index in [4.69, 9.17) is 0 Å². The zero-order valence-electron chi connectivity index (χ0n) is 11.4. The van der Waals surface area contributed by atoms with Crippen molar-refractivity contribution in [3.05, 3.63) is 23.0 Å². The van der Waals surface area contributed by atoms with Gasteiger partial charge in [-0.15, -0.1) is 0 Å². The van der Waals surface area contributed by atoms with Crippen molar-refractivity contribution in [2.24, 2.45) is 0 Å². The molecular weight excluding hydrogens is 230 g/mol. The lowest BCUT2D eigenvalue weighted by atomic mass is 10.1. The molecule has 1 rings (SSSR count). The summed E-state index contributed by atoms with van der Waals surface area (Å²) in [6, 6.07) is 0. The van der Waals surface area contributed by atoms with Crippen LogP contribution in [-0.4, -0.2) is 47.3 Å². The lowest BCUT2D eigenvalue weighted by Gasteiger charge is -2.13. The highest BCUT2D eigenvalue weighted by atomic mass is 16.3. The average Bonchev–Trinajstić information content (AvgIpc) is 2.33. The first-order valence-electron chi connectivity index (χ1n) is 6.19. The fourth-order valence-corrected chi connectivity index (χ4v) is 1.75. The van der Waals surface area contributed by atoms with Gasteiger partial charge in [-0.1, -0.05) is 0 Å². The summed E-state index contributed by atoms with van der Waals surface area (Å²) in [4.78, 5) is 6.17. The van der Waals surface area contributed by atoms with Gasteiger partial charge in [0.15, 0.2) is 0 Å². The SMILES string of the molecule is Cc1ncc(CO)c(CNCCCN(C)C)c1O. The first kappa shape index (κ1) is 14.9. The molecule has 1 aromatic heterocycles. The molecule has 3 N–H and O–H groups in total. The van der Waals surface area contributed by atoms with Crippen LogP contribution in [0.15, 0.2) is 6.20 Å². The van der Waals surface area contributed by atoms with Crippen LogP contribution in [0.4, 0.5) is 0 Å². The number of hydrogen-bond acceptors (Lipinski definition) is 5.